The molecule has 6 nitrogen and oxygen atoms in total. The third-order valence-corrected chi connectivity index (χ3v) is 17.3. The second kappa shape index (κ2) is 20.6. The summed E-state index contributed by atoms with van der Waals surface area (Å²) in [6.07, 6.45) is 0. The molecule has 0 bridgehead atoms. The molecule has 6 heteroatoms. The van der Waals surface area contributed by atoms with Gasteiger partial charge in [-0.15, -0.1) is 0 Å². The van der Waals surface area contributed by atoms with Gasteiger partial charge in [-0.05, 0) is 94.0 Å². The summed E-state index contributed by atoms with van der Waals surface area (Å²) in [5, 5.41) is 7.12. The van der Waals surface area contributed by atoms with Gasteiger partial charge < -0.3 is 13.7 Å². The highest BCUT2D eigenvalue weighted by Crippen LogP contribution is 2.47. The molecule has 13 aromatic carbocycles. The van der Waals surface area contributed by atoms with Crippen molar-refractivity contribution in [1.29, 1.82) is 0 Å². The number of aromatic nitrogens is 6. The van der Waals surface area contributed by atoms with Crippen molar-refractivity contribution in [1.82, 2.24) is 28.7 Å². The van der Waals surface area contributed by atoms with E-state index < -0.39 is 0 Å². The Morgan fingerprint density at radius 3 is 1.01 bits per heavy atom. The molecule has 0 aliphatic rings. The van der Waals surface area contributed by atoms with E-state index in [-0.39, 0.29) is 0 Å². The van der Waals surface area contributed by atoms with Crippen LogP contribution < -0.4 is 0 Å². The number of hydrogen-bond donors (Lipinski definition) is 0. The lowest BCUT2D eigenvalue weighted by molar-refractivity contribution is 1.07. The standard InChI is InChI=1S/C81H52N6/c1-5-22-53(23-6-1)55-40-44-57(45-41-55)68-50-61(81-83-79(59-26-9-3-10-27-59)82-80(84-81)60-28-11-4-12-29-60)51-69(58-46-42-56(43-47-58)54-24-7-2-8-25-54)78(68)87-75-39-21-38-74(86-72-36-19-15-32-65(72)66-33-16-20-37-73(66)86)77(75)67-49-48-62(52-76(67)87)85-70-34-17-13-30-63(70)64-31-14-18-35-71(64)85/h1-52H. The minimum atomic E-state index is 0.572. The first-order chi connectivity index (χ1) is 43.2. The number of fused-ring (bicyclic) bond motifs is 9. The van der Waals surface area contributed by atoms with Crippen molar-refractivity contribution < 1.29 is 0 Å². The Morgan fingerprint density at radius 2 is 0.563 bits per heavy atom. The Labute approximate surface area is 502 Å². The molecule has 0 spiro atoms. The Balaban J connectivity index is 1.03. The van der Waals surface area contributed by atoms with E-state index in [0.717, 1.165) is 122 Å². The van der Waals surface area contributed by atoms with Gasteiger partial charge in [-0.1, -0.05) is 255 Å². The normalized spacial score (nSPS) is 11.7. The lowest BCUT2D eigenvalue weighted by atomic mass is 9.91. The van der Waals surface area contributed by atoms with E-state index >= 15 is 0 Å². The topological polar surface area (TPSA) is 53.5 Å². The number of para-hydroxylation sites is 4. The largest absolute Gasteiger partial charge is 0.309 e. The van der Waals surface area contributed by atoms with E-state index in [1.165, 1.54) is 21.5 Å². The van der Waals surface area contributed by atoms with Crippen LogP contribution in [0.2, 0.25) is 0 Å². The average Bonchev–Trinajstić information content (AvgIpc) is 1.67. The second-order valence-electron chi connectivity index (χ2n) is 22.3. The van der Waals surface area contributed by atoms with E-state index in [4.69, 9.17) is 15.0 Å². The van der Waals surface area contributed by atoms with Crippen LogP contribution in [0.1, 0.15) is 0 Å². The van der Waals surface area contributed by atoms with Crippen molar-refractivity contribution >= 4 is 65.4 Å². The molecule has 0 saturated carbocycles. The summed E-state index contributed by atoms with van der Waals surface area (Å²) < 4.78 is 7.47. The summed E-state index contributed by atoms with van der Waals surface area (Å²) in [5.41, 5.74) is 21.3. The van der Waals surface area contributed by atoms with Gasteiger partial charge in [0, 0.05) is 65.8 Å². The minimum Gasteiger partial charge on any atom is -0.309 e. The van der Waals surface area contributed by atoms with Crippen LogP contribution in [-0.2, 0) is 0 Å². The number of rotatable bonds is 10. The van der Waals surface area contributed by atoms with Gasteiger partial charge in [0.25, 0.3) is 0 Å². The zero-order valence-electron chi connectivity index (χ0n) is 47.2. The maximum Gasteiger partial charge on any atom is 0.164 e. The molecule has 0 saturated heterocycles. The van der Waals surface area contributed by atoms with Crippen molar-refractivity contribution in [2.75, 3.05) is 0 Å². The SMILES string of the molecule is c1ccc(-c2ccc(-c3cc(-c4nc(-c5ccccc5)nc(-c5ccccc5)n4)cc(-c4ccc(-c5ccccc5)cc4)c3-n3c4cc(-n5c6ccccc6c6ccccc65)ccc4c4c(-n5c6ccccc6c6ccccc65)cccc43)cc2)cc1. The fourth-order valence-electron chi connectivity index (χ4n) is 13.3. The van der Waals surface area contributed by atoms with Crippen molar-refractivity contribution in [3.63, 3.8) is 0 Å². The Bertz CT molecular complexity index is 5200. The van der Waals surface area contributed by atoms with E-state index in [0.29, 0.717) is 17.5 Å². The summed E-state index contributed by atoms with van der Waals surface area (Å²) in [6.45, 7) is 0. The molecule has 87 heavy (non-hydrogen) atoms. The molecule has 4 aromatic heterocycles. The highest BCUT2D eigenvalue weighted by Gasteiger charge is 2.27. The number of benzene rings is 13. The van der Waals surface area contributed by atoms with Crippen molar-refractivity contribution in [2.45, 2.75) is 0 Å². The zero-order valence-corrected chi connectivity index (χ0v) is 47.2. The van der Waals surface area contributed by atoms with Crippen molar-refractivity contribution in [2.24, 2.45) is 0 Å². The van der Waals surface area contributed by atoms with Gasteiger partial charge >= 0.3 is 0 Å². The lowest BCUT2D eigenvalue weighted by Gasteiger charge is -2.22. The highest BCUT2D eigenvalue weighted by atomic mass is 15.1. The van der Waals surface area contributed by atoms with E-state index in [1.54, 1.807) is 0 Å². The number of hydrogen-bond acceptors (Lipinski definition) is 3. The summed E-state index contributed by atoms with van der Waals surface area (Å²) >= 11 is 0. The van der Waals surface area contributed by atoms with Gasteiger partial charge in [-0.3, -0.25) is 0 Å². The maximum absolute atomic E-state index is 5.41. The monoisotopic (exact) mass is 1110 g/mol. The molecular weight excluding hydrogens is 1060 g/mol. The van der Waals surface area contributed by atoms with Crippen LogP contribution in [-0.4, -0.2) is 28.7 Å². The Morgan fingerprint density at radius 1 is 0.207 bits per heavy atom. The zero-order chi connectivity index (χ0) is 57.4. The third kappa shape index (κ3) is 8.37. The van der Waals surface area contributed by atoms with Gasteiger partial charge in [0.2, 0.25) is 0 Å². The summed E-state index contributed by atoms with van der Waals surface area (Å²) in [7, 11) is 0. The van der Waals surface area contributed by atoms with Crippen LogP contribution in [0.15, 0.2) is 315 Å². The molecule has 4 heterocycles. The molecule has 17 aromatic rings. The molecule has 0 N–H and O–H groups in total. The average molecular weight is 1110 g/mol. The Hall–Kier alpha value is -11.7. The molecular formula is C81H52N6. The van der Waals surface area contributed by atoms with Crippen LogP contribution in [0.3, 0.4) is 0 Å². The van der Waals surface area contributed by atoms with Crippen molar-refractivity contribution in [3.05, 3.63) is 315 Å². The first kappa shape index (κ1) is 49.8. The Kier molecular flexibility index (Phi) is 11.8. The van der Waals surface area contributed by atoms with Gasteiger partial charge in [0.15, 0.2) is 17.5 Å². The molecule has 406 valence electrons. The third-order valence-electron chi connectivity index (χ3n) is 17.3. The first-order valence-corrected chi connectivity index (χ1v) is 29.6. The molecule has 0 amide bonds. The van der Waals surface area contributed by atoms with Gasteiger partial charge in [0.05, 0.1) is 44.5 Å². The summed E-state index contributed by atoms with van der Waals surface area (Å²) in [5.74, 6) is 1.77. The molecule has 0 aliphatic carbocycles. The van der Waals surface area contributed by atoms with E-state index in [2.05, 4.69) is 293 Å². The number of nitrogens with zero attached hydrogens (tertiary/aromatic N) is 6. The van der Waals surface area contributed by atoms with E-state index in [9.17, 15) is 0 Å². The van der Waals surface area contributed by atoms with Gasteiger partial charge in [0.1, 0.15) is 0 Å². The molecule has 0 fully saturated rings. The van der Waals surface area contributed by atoms with Crippen LogP contribution in [0.25, 0.3) is 161 Å². The highest BCUT2D eigenvalue weighted by molar-refractivity contribution is 6.18. The van der Waals surface area contributed by atoms with Gasteiger partial charge in [-0.2, -0.15) is 0 Å². The molecule has 0 radical (unpaired) electrons. The van der Waals surface area contributed by atoms with Crippen LogP contribution in [0, 0.1) is 0 Å². The summed E-state index contributed by atoms with van der Waals surface area (Å²) in [4.78, 5) is 16.0. The minimum absolute atomic E-state index is 0.572. The van der Waals surface area contributed by atoms with Crippen LogP contribution in [0.5, 0.6) is 0 Å². The predicted octanol–water partition coefficient (Wildman–Crippen LogP) is 20.8. The molecule has 0 atom stereocenters. The second-order valence-corrected chi connectivity index (χ2v) is 22.3. The predicted molar refractivity (Wildman–Crippen MR) is 361 cm³/mol. The fourth-order valence-corrected chi connectivity index (χ4v) is 13.3. The maximum atomic E-state index is 5.41. The fraction of sp³-hybridized carbons (Fsp3) is 0. The molecule has 17 rings (SSSR count). The van der Waals surface area contributed by atoms with Crippen LogP contribution in [0.4, 0.5) is 0 Å². The van der Waals surface area contributed by atoms with Crippen molar-refractivity contribution in [3.8, 4) is 95.7 Å². The quantitative estimate of drug-likeness (QED) is 0.137. The first-order valence-electron chi connectivity index (χ1n) is 29.6. The summed E-state index contributed by atoms with van der Waals surface area (Å²) in [6, 6.07) is 114. The van der Waals surface area contributed by atoms with Gasteiger partial charge in [-0.25, -0.2) is 15.0 Å². The molecule has 0 aliphatic heterocycles. The van der Waals surface area contributed by atoms with Crippen LogP contribution >= 0.6 is 0 Å². The smallest absolute Gasteiger partial charge is 0.164 e. The molecule has 0 unspecified atom stereocenters. The lowest BCUT2D eigenvalue weighted by Crippen LogP contribution is -2.04. The van der Waals surface area contributed by atoms with E-state index in [1.807, 2.05) is 36.4 Å².